The highest BCUT2D eigenvalue weighted by Gasteiger charge is 2.31. The number of likely N-dealkylation sites (tertiary alicyclic amines) is 1. The maximum Gasteiger partial charge on any atom is 0.276 e. The third-order valence-corrected chi connectivity index (χ3v) is 4.37. The summed E-state index contributed by atoms with van der Waals surface area (Å²) in [5.41, 5.74) is 0.488. The molecule has 8 nitrogen and oxygen atoms in total. The molecule has 0 saturated carbocycles. The minimum absolute atomic E-state index is 0.0808. The van der Waals surface area contributed by atoms with E-state index in [4.69, 9.17) is 13.7 Å². The molecule has 0 spiro atoms. The smallest absolute Gasteiger partial charge is 0.276 e. The van der Waals surface area contributed by atoms with E-state index in [1.54, 1.807) is 24.0 Å². The molecule has 1 saturated heterocycles. The number of carbonyl (C=O) groups is 1. The van der Waals surface area contributed by atoms with Gasteiger partial charge in [0.25, 0.3) is 11.8 Å². The standard InChI is InChI=1S/C18H17FN4O4/c1-2-12-16(19)17(21-10-20-12)26-11-5-6-23(9-11)18(24)13-8-15(27-22-13)14-4-3-7-25-14/h3-4,7-8,10-11H,2,5-6,9H2,1H3. The number of ether oxygens (including phenoxy) is 1. The van der Waals surface area contributed by atoms with Crippen LogP contribution in [0.2, 0.25) is 0 Å². The van der Waals surface area contributed by atoms with Crippen LogP contribution >= 0.6 is 0 Å². The maximum atomic E-state index is 14.2. The van der Waals surface area contributed by atoms with Crippen LogP contribution in [-0.4, -0.2) is 45.1 Å². The Kier molecular flexibility index (Phi) is 4.57. The van der Waals surface area contributed by atoms with Gasteiger partial charge in [-0.15, -0.1) is 0 Å². The minimum atomic E-state index is -0.552. The molecule has 1 amide bonds. The van der Waals surface area contributed by atoms with Crippen molar-refractivity contribution in [3.8, 4) is 17.4 Å². The van der Waals surface area contributed by atoms with E-state index in [9.17, 15) is 9.18 Å². The summed E-state index contributed by atoms with van der Waals surface area (Å²) in [5, 5.41) is 3.81. The van der Waals surface area contributed by atoms with Crippen molar-refractivity contribution in [3.05, 3.63) is 48.0 Å². The zero-order valence-electron chi connectivity index (χ0n) is 14.6. The number of halogens is 1. The van der Waals surface area contributed by atoms with E-state index >= 15 is 0 Å². The maximum absolute atomic E-state index is 14.2. The van der Waals surface area contributed by atoms with Gasteiger partial charge in [-0.3, -0.25) is 4.79 Å². The predicted molar refractivity (Wildman–Crippen MR) is 90.5 cm³/mol. The van der Waals surface area contributed by atoms with E-state index in [0.717, 1.165) is 0 Å². The van der Waals surface area contributed by atoms with E-state index in [2.05, 4.69) is 15.1 Å². The summed E-state index contributed by atoms with van der Waals surface area (Å²) in [6.45, 7) is 2.59. The lowest BCUT2D eigenvalue weighted by atomic mass is 10.3. The van der Waals surface area contributed by atoms with Crippen molar-refractivity contribution in [2.75, 3.05) is 13.1 Å². The van der Waals surface area contributed by atoms with Crippen LogP contribution in [0.1, 0.15) is 29.5 Å². The number of amides is 1. The number of nitrogens with zero attached hydrogens (tertiary/aromatic N) is 4. The fourth-order valence-corrected chi connectivity index (χ4v) is 2.96. The molecule has 3 aromatic heterocycles. The molecular weight excluding hydrogens is 355 g/mol. The number of hydrogen-bond donors (Lipinski definition) is 0. The molecule has 1 aliphatic heterocycles. The van der Waals surface area contributed by atoms with Gasteiger partial charge in [-0.2, -0.15) is 9.37 Å². The van der Waals surface area contributed by atoms with Gasteiger partial charge < -0.3 is 18.6 Å². The van der Waals surface area contributed by atoms with Gasteiger partial charge in [0.1, 0.15) is 12.4 Å². The normalized spacial score (nSPS) is 16.7. The summed E-state index contributed by atoms with van der Waals surface area (Å²) < 4.78 is 30.3. The van der Waals surface area contributed by atoms with Crippen molar-refractivity contribution in [3.63, 3.8) is 0 Å². The Morgan fingerprint density at radius 3 is 3.07 bits per heavy atom. The van der Waals surface area contributed by atoms with Crippen molar-refractivity contribution < 1.29 is 22.9 Å². The van der Waals surface area contributed by atoms with Gasteiger partial charge in [-0.25, -0.2) is 4.98 Å². The van der Waals surface area contributed by atoms with E-state index in [1.807, 2.05) is 0 Å². The first kappa shape index (κ1) is 17.2. The fraction of sp³-hybridized carbons (Fsp3) is 0.333. The Balaban J connectivity index is 1.41. The van der Waals surface area contributed by atoms with Gasteiger partial charge in [-0.05, 0) is 18.6 Å². The van der Waals surface area contributed by atoms with Gasteiger partial charge in [0.15, 0.2) is 11.5 Å². The first-order valence-corrected chi connectivity index (χ1v) is 8.61. The molecule has 0 bridgehead atoms. The Morgan fingerprint density at radius 2 is 2.30 bits per heavy atom. The lowest BCUT2D eigenvalue weighted by molar-refractivity contribution is 0.0759. The number of carbonyl (C=O) groups excluding carboxylic acids is 1. The fourth-order valence-electron chi connectivity index (χ4n) is 2.96. The second-order valence-electron chi connectivity index (χ2n) is 6.13. The second-order valence-corrected chi connectivity index (χ2v) is 6.13. The Labute approximate surface area is 153 Å². The van der Waals surface area contributed by atoms with Crippen LogP contribution in [-0.2, 0) is 6.42 Å². The first-order chi connectivity index (χ1) is 13.2. The number of furan rings is 1. The highest BCUT2D eigenvalue weighted by Crippen LogP contribution is 2.24. The summed E-state index contributed by atoms with van der Waals surface area (Å²) >= 11 is 0. The van der Waals surface area contributed by atoms with Gasteiger partial charge in [-0.1, -0.05) is 12.1 Å². The van der Waals surface area contributed by atoms with Crippen molar-refractivity contribution in [2.45, 2.75) is 25.9 Å². The minimum Gasteiger partial charge on any atom is -0.470 e. The molecule has 1 atom stereocenters. The van der Waals surface area contributed by atoms with Crippen LogP contribution in [0.4, 0.5) is 4.39 Å². The van der Waals surface area contributed by atoms with Crippen molar-refractivity contribution in [1.29, 1.82) is 0 Å². The monoisotopic (exact) mass is 372 g/mol. The molecule has 4 rings (SSSR count). The van der Waals surface area contributed by atoms with E-state index in [0.29, 0.717) is 43.1 Å². The van der Waals surface area contributed by atoms with Gasteiger partial charge >= 0.3 is 0 Å². The molecular formula is C18H17FN4O4. The topological polar surface area (TPSA) is 94.5 Å². The van der Waals surface area contributed by atoms with Crippen LogP contribution in [0.3, 0.4) is 0 Å². The molecule has 140 valence electrons. The predicted octanol–water partition coefficient (Wildman–Crippen LogP) is 2.72. The van der Waals surface area contributed by atoms with Gasteiger partial charge in [0.05, 0.1) is 18.5 Å². The Bertz CT molecular complexity index is 941. The molecule has 1 aliphatic rings. The molecule has 4 heterocycles. The van der Waals surface area contributed by atoms with Crippen LogP contribution in [0.15, 0.2) is 39.7 Å². The largest absolute Gasteiger partial charge is 0.470 e. The van der Waals surface area contributed by atoms with Crippen molar-refractivity contribution >= 4 is 5.91 Å². The Morgan fingerprint density at radius 1 is 1.41 bits per heavy atom. The summed E-state index contributed by atoms with van der Waals surface area (Å²) in [6.07, 6.45) is 3.46. The lowest BCUT2D eigenvalue weighted by Gasteiger charge is -2.16. The van der Waals surface area contributed by atoms with Crippen LogP contribution in [0.25, 0.3) is 11.5 Å². The lowest BCUT2D eigenvalue weighted by Crippen LogP contribution is -2.31. The molecule has 9 heteroatoms. The highest BCUT2D eigenvalue weighted by atomic mass is 19.1. The average molecular weight is 372 g/mol. The third kappa shape index (κ3) is 3.40. The first-order valence-electron chi connectivity index (χ1n) is 8.61. The van der Waals surface area contributed by atoms with Gasteiger partial charge in [0.2, 0.25) is 11.6 Å². The Hall–Kier alpha value is -3.23. The number of aryl methyl sites for hydroxylation is 1. The summed E-state index contributed by atoms with van der Waals surface area (Å²) in [7, 11) is 0. The van der Waals surface area contributed by atoms with Crippen LogP contribution in [0, 0.1) is 5.82 Å². The SMILES string of the molecule is CCc1ncnc(OC2CCN(C(=O)c3cc(-c4ccco4)on3)C2)c1F. The average Bonchev–Trinajstić information content (AvgIpc) is 3.43. The van der Waals surface area contributed by atoms with Crippen LogP contribution < -0.4 is 4.74 Å². The molecule has 0 aliphatic carbocycles. The van der Waals surface area contributed by atoms with Crippen molar-refractivity contribution in [2.24, 2.45) is 0 Å². The number of hydrogen-bond acceptors (Lipinski definition) is 7. The molecule has 1 unspecified atom stereocenters. The van der Waals surface area contributed by atoms with E-state index in [1.165, 1.54) is 18.7 Å². The molecule has 3 aromatic rings. The summed E-state index contributed by atoms with van der Waals surface area (Å²) in [4.78, 5) is 21.9. The summed E-state index contributed by atoms with van der Waals surface area (Å²) in [5.74, 6) is -0.0345. The summed E-state index contributed by atoms with van der Waals surface area (Å²) in [6, 6.07) is 4.97. The zero-order chi connectivity index (χ0) is 18.8. The van der Waals surface area contributed by atoms with E-state index in [-0.39, 0.29) is 23.6 Å². The molecule has 1 fully saturated rings. The quantitative estimate of drug-likeness (QED) is 0.679. The van der Waals surface area contributed by atoms with Crippen molar-refractivity contribution in [1.82, 2.24) is 20.0 Å². The molecule has 0 N–H and O–H groups in total. The van der Waals surface area contributed by atoms with Gasteiger partial charge in [0, 0.05) is 19.0 Å². The highest BCUT2D eigenvalue weighted by molar-refractivity contribution is 5.93. The van der Waals surface area contributed by atoms with Crippen LogP contribution in [0.5, 0.6) is 5.88 Å². The molecule has 0 aromatic carbocycles. The molecule has 27 heavy (non-hydrogen) atoms. The second kappa shape index (κ2) is 7.18. The number of rotatable bonds is 5. The zero-order valence-corrected chi connectivity index (χ0v) is 14.6. The number of aromatic nitrogens is 3. The molecule has 0 radical (unpaired) electrons. The third-order valence-electron chi connectivity index (χ3n) is 4.37. The van der Waals surface area contributed by atoms with E-state index < -0.39 is 5.82 Å².